The smallest absolute Gasteiger partial charge is 0.307 e. The quantitative estimate of drug-likeness (QED) is 0.736. The van der Waals surface area contributed by atoms with Gasteiger partial charge in [-0.05, 0) is 19.4 Å². The molecule has 0 aliphatic carbocycles. The highest BCUT2D eigenvalue weighted by molar-refractivity contribution is 5.70. The molecule has 0 saturated carbocycles. The minimum atomic E-state index is -0.719. The molecule has 7 heteroatoms. The number of nitrogens with one attached hydrogen (secondary N) is 1. The lowest BCUT2D eigenvalue weighted by Crippen LogP contribution is -2.47. The number of benzene rings is 1. The molecule has 3 rings (SSSR count). The maximum atomic E-state index is 11.9. The molecule has 0 aromatic heterocycles. The number of esters is 1. The number of hydrogen-bond acceptors (Lipinski definition) is 7. The highest BCUT2D eigenvalue weighted by Gasteiger charge is 2.57. The summed E-state index contributed by atoms with van der Waals surface area (Å²) in [5.41, 5.74) is 1.11. The molecule has 2 aliphatic heterocycles. The minimum Gasteiger partial charge on any atom is -0.469 e. The summed E-state index contributed by atoms with van der Waals surface area (Å²) in [7, 11) is 2.96. The van der Waals surface area contributed by atoms with Crippen LogP contribution in [-0.2, 0) is 35.0 Å². The molecule has 7 nitrogen and oxygen atoms in total. The molecule has 2 aliphatic rings. The zero-order valence-electron chi connectivity index (χ0n) is 15.6. The number of fused-ring (bicyclic) bond motifs is 1. The Bertz CT molecular complexity index is 607. The second kappa shape index (κ2) is 8.02. The van der Waals surface area contributed by atoms with Crippen LogP contribution in [0.1, 0.15) is 25.8 Å². The third-order valence-corrected chi connectivity index (χ3v) is 4.70. The van der Waals surface area contributed by atoms with E-state index in [-0.39, 0.29) is 30.6 Å². The Kier molecular flexibility index (Phi) is 5.94. The molecule has 0 bridgehead atoms. The largest absolute Gasteiger partial charge is 0.469 e. The van der Waals surface area contributed by atoms with Gasteiger partial charge in [-0.25, -0.2) is 0 Å². The number of hydrogen-bond donors (Lipinski definition) is 1. The maximum Gasteiger partial charge on any atom is 0.307 e. The van der Waals surface area contributed by atoms with E-state index in [4.69, 9.17) is 23.7 Å². The Morgan fingerprint density at radius 2 is 1.88 bits per heavy atom. The van der Waals surface area contributed by atoms with Crippen LogP contribution in [0.2, 0.25) is 0 Å². The second-order valence-corrected chi connectivity index (χ2v) is 7.02. The average molecular weight is 365 g/mol. The van der Waals surface area contributed by atoms with E-state index in [0.29, 0.717) is 6.54 Å². The van der Waals surface area contributed by atoms with Crippen molar-refractivity contribution in [3.05, 3.63) is 35.9 Å². The Morgan fingerprint density at radius 3 is 2.54 bits per heavy atom. The summed E-state index contributed by atoms with van der Waals surface area (Å²) >= 11 is 0. The van der Waals surface area contributed by atoms with E-state index in [1.807, 2.05) is 44.2 Å². The molecule has 1 aromatic rings. The summed E-state index contributed by atoms with van der Waals surface area (Å²) in [6, 6.07) is 9.67. The number of carbonyl (C=O) groups excluding carboxylic acids is 1. The van der Waals surface area contributed by atoms with E-state index in [9.17, 15) is 4.79 Å². The van der Waals surface area contributed by atoms with E-state index >= 15 is 0 Å². The number of rotatable bonds is 7. The van der Waals surface area contributed by atoms with Crippen LogP contribution < -0.4 is 5.32 Å². The van der Waals surface area contributed by atoms with Gasteiger partial charge in [0.05, 0.1) is 13.5 Å². The van der Waals surface area contributed by atoms with Crippen molar-refractivity contribution in [2.45, 2.75) is 63.2 Å². The van der Waals surface area contributed by atoms with Crippen molar-refractivity contribution in [2.24, 2.45) is 0 Å². The lowest BCUT2D eigenvalue weighted by atomic mass is 10.0. The van der Waals surface area contributed by atoms with E-state index in [0.717, 1.165) is 5.56 Å². The van der Waals surface area contributed by atoms with Gasteiger partial charge >= 0.3 is 5.97 Å². The average Bonchev–Trinajstić information content (AvgIpc) is 3.12. The van der Waals surface area contributed by atoms with Gasteiger partial charge in [0.1, 0.15) is 18.3 Å². The summed E-state index contributed by atoms with van der Waals surface area (Å²) in [6.45, 7) is 4.32. The molecule has 2 saturated heterocycles. The van der Waals surface area contributed by atoms with Crippen molar-refractivity contribution in [2.75, 3.05) is 14.2 Å². The molecule has 0 radical (unpaired) electrons. The van der Waals surface area contributed by atoms with E-state index < -0.39 is 18.2 Å². The van der Waals surface area contributed by atoms with Gasteiger partial charge in [0.15, 0.2) is 12.1 Å². The fourth-order valence-electron chi connectivity index (χ4n) is 3.52. The highest BCUT2D eigenvalue weighted by atomic mass is 16.8. The predicted molar refractivity (Wildman–Crippen MR) is 93.2 cm³/mol. The van der Waals surface area contributed by atoms with E-state index in [2.05, 4.69) is 5.32 Å². The number of methoxy groups -OCH3 is 2. The fourth-order valence-corrected chi connectivity index (χ4v) is 3.52. The molecule has 144 valence electrons. The molecule has 0 amide bonds. The third-order valence-electron chi connectivity index (χ3n) is 4.70. The monoisotopic (exact) mass is 365 g/mol. The third kappa shape index (κ3) is 4.24. The summed E-state index contributed by atoms with van der Waals surface area (Å²) in [4.78, 5) is 11.9. The molecular formula is C19H27NO6. The van der Waals surface area contributed by atoms with Gasteiger partial charge in [0.25, 0.3) is 0 Å². The molecule has 1 N–H and O–H groups in total. The lowest BCUT2D eigenvalue weighted by molar-refractivity contribution is -0.230. The van der Waals surface area contributed by atoms with Gasteiger partial charge < -0.3 is 29.0 Å². The lowest BCUT2D eigenvalue weighted by Gasteiger charge is -2.29. The van der Waals surface area contributed by atoms with Gasteiger partial charge in [-0.3, -0.25) is 4.79 Å². The standard InChI is InChI=1S/C19H27NO6/c1-19(2)25-16-15(24-18(23-4)17(16)26-19)13(10-14(21)22-3)20-11-12-8-6-5-7-9-12/h5-9,13,15-18,20H,10-11H2,1-4H3/t13-,15-,16+,17+,18+/m1/s1. The zero-order chi connectivity index (χ0) is 18.7. The van der Waals surface area contributed by atoms with Crippen molar-refractivity contribution in [1.29, 1.82) is 0 Å². The molecule has 2 fully saturated rings. The SMILES string of the molecule is COC(=O)C[C@@H](NCc1ccccc1)[C@H]1O[C@H](OC)[C@H]2OC(C)(C)O[C@H]21. The van der Waals surface area contributed by atoms with Gasteiger partial charge in [-0.1, -0.05) is 30.3 Å². The zero-order valence-corrected chi connectivity index (χ0v) is 15.6. The topological polar surface area (TPSA) is 75.3 Å². The Morgan fingerprint density at radius 1 is 1.19 bits per heavy atom. The maximum absolute atomic E-state index is 11.9. The minimum absolute atomic E-state index is 0.164. The first-order valence-corrected chi connectivity index (χ1v) is 8.81. The van der Waals surface area contributed by atoms with Gasteiger partial charge in [-0.2, -0.15) is 0 Å². The van der Waals surface area contributed by atoms with Gasteiger partial charge in [0.2, 0.25) is 0 Å². The Hall–Kier alpha value is -1.51. The summed E-state index contributed by atoms with van der Waals surface area (Å²) in [6.07, 6.45) is -1.43. The Labute approximate surface area is 153 Å². The predicted octanol–water partition coefficient (Wildman–Crippen LogP) is 1.60. The van der Waals surface area contributed by atoms with Crippen LogP contribution in [0.25, 0.3) is 0 Å². The van der Waals surface area contributed by atoms with Crippen LogP contribution in [0, 0.1) is 0 Å². The molecule has 1 aromatic carbocycles. The van der Waals surface area contributed by atoms with E-state index in [1.54, 1.807) is 7.11 Å². The summed E-state index contributed by atoms with van der Waals surface area (Å²) < 4.78 is 28.3. The molecule has 26 heavy (non-hydrogen) atoms. The molecule has 5 atom stereocenters. The summed E-state index contributed by atoms with van der Waals surface area (Å²) in [5, 5.41) is 3.41. The van der Waals surface area contributed by atoms with Crippen LogP contribution in [0.3, 0.4) is 0 Å². The molecule has 2 heterocycles. The van der Waals surface area contributed by atoms with Gasteiger partial charge in [-0.15, -0.1) is 0 Å². The van der Waals surface area contributed by atoms with Crippen LogP contribution in [0.15, 0.2) is 30.3 Å². The summed E-state index contributed by atoms with van der Waals surface area (Å²) in [5.74, 6) is -1.03. The van der Waals surface area contributed by atoms with Crippen LogP contribution >= 0.6 is 0 Å². The van der Waals surface area contributed by atoms with Crippen LogP contribution in [0.5, 0.6) is 0 Å². The van der Waals surface area contributed by atoms with Crippen molar-refractivity contribution in [3.8, 4) is 0 Å². The highest BCUT2D eigenvalue weighted by Crippen LogP contribution is 2.40. The van der Waals surface area contributed by atoms with Gasteiger partial charge in [0, 0.05) is 19.7 Å². The second-order valence-electron chi connectivity index (χ2n) is 7.02. The Balaban J connectivity index is 1.75. The van der Waals surface area contributed by atoms with Crippen molar-refractivity contribution < 1.29 is 28.5 Å². The molecular weight excluding hydrogens is 338 g/mol. The van der Waals surface area contributed by atoms with Crippen LogP contribution in [0.4, 0.5) is 0 Å². The number of carbonyl (C=O) groups is 1. The first-order chi connectivity index (χ1) is 12.4. The van der Waals surface area contributed by atoms with Crippen molar-refractivity contribution in [1.82, 2.24) is 5.32 Å². The van der Waals surface area contributed by atoms with Crippen molar-refractivity contribution in [3.63, 3.8) is 0 Å². The molecule has 0 spiro atoms. The first kappa shape index (κ1) is 19.3. The van der Waals surface area contributed by atoms with Crippen molar-refractivity contribution >= 4 is 5.97 Å². The van der Waals surface area contributed by atoms with E-state index in [1.165, 1.54) is 7.11 Å². The first-order valence-electron chi connectivity index (χ1n) is 8.81. The normalized spacial score (nSPS) is 30.8. The molecule has 0 unspecified atom stereocenters. The fraction of sp³-hybridized carbons (Fsp3) is 0.632. The number of ether oxygens (including phenoxy) is 5. The van der Waals surface area contributed by atoms with Crippen LogP contribution in [-0.4, -0.2) is 56.6 Å².